The van der Waals surface area contributed by atoms with Crippen molar-refractivity contribution in [2.24, 2.45) is 0 Å². The maximum absolute atomic E-state index is 12.5. The summed E-state index contributed by atoms with van der Waals surface area (Å²) in [5.41, 5.74) is 7.00. The van der Waals surface area contributed by atoms with Crippen LogP contribution in [-0.2, 0) is 11.2 Å². The maximum Gasteiger partial charge on any atom is 0.276 e. The van der Waals surface area contributed by atoms with Crippen LogP contribution in [0.3, 0.4) is 0 Å². The van der Waals surface area contributed by atoms with Crippen LogP contribution in [0.1, 0.15) is 21.5 Å². The standard InChI is InChI=1S/C20H17N5O3/c1-12-6-7-17-22-10-15(20(28)25(17)11-12)19(27)24-23-18(26)8-13-9-21-16-5-3-2-4-14(13)16/h2-7,9-11,21H,8H2,1H3,(H,23,26)(H,24,27). The summed E-state index contributed by atoms with van der Waals surface area (Å²) in [5, 5.41) is 0.941. The molecule has 0 aliphatic rings. The second-order valence-corrected chi connectivity index (χ2v) is 6.45. The Bertz CT molecular complexity index is 1270. The summed E-state index contributed by atoms with van der Waals surface area (Å²) in [5.74, 6) is -1.12. The number of nitrogens with one attached hydrogen (secondary N) is 3. The molecule has 0 atom stereocenters. The van der Waals surface area contributed by atoms with Crippen LogP contribution in [0.5, 0.6) is 0 Å². The van der Waals surface area contributed by atoms with Crippen molar-refractivity contribution >= 4 is 28.4 Å². The number of aryl methyl sites for hydroxylation is 1. The zero-order chi connectivity index (χ0) is 19.7. The number of hydrazine groups is 1. The first-order valence-corrected chi connectivity index (χ1v) is 8.65. The molecule has 2 amide bonds. The van der Waals surface area contributed by atoms with E-state index in [9.17, 15) is 14.4 Å². The third kappa shape index (κ3) is 3.23. The van der Waals surface area contributed by atoms with Crippen molar-refractivity contribution in [3.63, 3.8) is 0 Å². The number of hydrogen-bond acceptors (Lipinski definition) is 4. The van der Waals surface area contributed by atoms with E-state index in [1.807, 2.05) is 37.3 Å². The number of amides is 2. The third-order valence-electron chi connectivity index (χ3n) is 4.44. The minimum absolute atomic E-state index is 0.0818. The maximum atomic E-state index is 12.5. The van der Waals surface area contributed by atoms with Crippen LogP contribution in [0, 0.1) is 6.92 Å². The summed E-state index contributed by atoms with van der Waals surface area (Å²) in [6.07, 6.45) is 4.65. The molecule has 0 aliphatic carbocycles. The molecule has 0 saturated carbocycles. The first kappa shape index (κ1) is 17.5. The molecule has 0 unspecified atom stereocenters. The molecular weight excluding hydrogens is 358 g/mol. The van der Waals surface area contributed by atoms with Crippen LogP contribution in [0.4, 0.5) is 0 Å². The van der Waals surface area contributed by atoms with E-state index in [0.717, 1.165) is 22.0 Å². The van der Waals surface area contributed by atoms with Gasteiger partial charge in [-0.25, -0.2) is 4.98 Å². The second-order valence-electron chi connectivity index (χ2n) is 6.45. The number of benzene rings is 1. The van der Waals surface area contributed by atoms with Gasteiger partial charge in [-0.15, -0.1) is 0 Å². The van der Waals surface area contributed by atoms with E-state index in [-0.39, 0.29) is 12.0 Å². The molecule has 4 rings (SSSR count). The van der Waals surface area contributed by atoms with E-state index >= 15 is 0 Å². The van der Waals surface area contributed by atoms with Crippen molar-refractivity contribution in [3.8, 4) is 0 Å². The van der Waals surface area contributed by atoms with Gasteiger partial charge < -0.3 is 4.98 Å². The minimum Gasteiger partial charge on any atom is -0.361 e. The van der Waals surface area contributed by atoms with Gasteiger partial charge in [0, 0.05) is 29.5 Å². The molecule has 0 fully saturated rings. The van der Waals surface area contributed by atoms with Gasteiger partial charge in [0.05, 0.1) is 6.42 Å². The lowest BCUT2D eigenvalue weighted by Crippen LogP contribution is -2.44. The number of hydrogen-bond donors (Lipinski definition) is 3. The number of carbonyl (C=O) groups excluding carboxylic acids is 2. The third-order valence-corrected chi connectivity index (χ3v) is 4.44. The number of pyridine rings is 1. The monoisotopic (exact) mass is 375 g/mol. The van der Waals surface area contributed by atoms with Gasteiger partial charge in [-0.1, -0.05) is 24.3 Å². The first-order chi connectivity index (χ1) is 13.5. The van der Waals surface area contributed by atoms with Crippen LogP contribution < -0.4 is 16.4 Å². The summed E-state index contributed by atoms with van der Waals surface area (Å²) in [7, 11) is 0. The molecule has 28 heavy (non-hydrogen) atoms. The molecule has 3 heterocycles. The highest BCUT2D eigenvalue weighted by atomic mass is 16.2. The lowest BCUT2D eigenvalue weighted by atomic mass is 10.1. The van der Waals surface area contributed by atoms with E-state index in [1.165, 1.54) is 10.6 Å². The Kier molecular flexibility index (Phi) is 4.36. The van der Waals surface area contributed by atoms with E-state index in [4.69, 9.17) is 0 Å². The summed E-state index contributed by atoms with van der Waals surface area (Å²) in [6.45, 7) is 1.84. The number of aromatic nitrogens is 3. The zero-order valence-corrected chi connectivity index (χ0v) is 15.0. The summed E-state index contributed by atoms with van der Waals surface area (Å²) < 4.78 is 1.30. The molecule has 8 nitrogen and oxygen atoms in total. The number of aromatic amines is 1. The molecule has 0 aliphatic heterocycles. The largest absolute Gasteiger partial charge is 0.361 e. The second kappa shape index (κ2) is 6.99. The quantitative estimate of drug-likeness (QED) is 0.471. The Hall–Kier alpha value is -3.94. The fraction of sp³-hybridized carbons (Fsp3) is 0.100. The Labute approximate surface area is 159 Å². The van der Waals surface area contributed by atoms with Crippen LogP contribution in [0.2, 0.25) is 0 Å². The first-order valence-electron chi connectivity index (χ1n) is 8.65. The Morgan fingerprint density at radius 1 is 1.14 bits per heavy atom. The van der Waals surface area contributed by atoms with Crippen LogP contribution in [0.25, 0.3) is 16.6 Å². The summed E-state index contributed by atoms with van der Waals surface area (Å²) in [6, 6.07) is 11.1. The lowest BCUT2D eigenvalue weighted by molar-refractivity contribution is -0.121. The van der Waals surface area contributed by atoms with Gasteiger partial charge >= 0.3 is 0 Å². The average Bonchev–Trinajstić information content (AvgIpc) is 3.10. The van der Waals surface area contributed by atoms with E-state index in [2.05, 4.69) is 20.8 Å². The number of carbonyl (C=O) groups is 2. The molecule has 0 spiro atoms. The van der Waals surface area contributed by atoms with Crippen molar-refractivity contribution in [2.75, 3.05) is 0 Å². The lowest BCUT2D eigenvalue weighted by Gasteiger charge is -2.08. The van der Waals surface area contributed by atoms with Crippen molar-refractivity contribution in [1.29, 1.82) is 0 Å². The summed E-state index contributed by atoms with van der Waals surface area (Å²) >= 11 is 0. The predicted octanol–water partition coefficient (Wildman–Crippen LogP) is 1.49. The van der Waals surface area contributed by atoms with Gasteiger partial charge in [0.2, 0.25) is 5.91 Å². The highest BCUT2D eigenvalue weighted by molar-refractivity contribution is 5.95. The molecule has 0 saturated heterocycles. The molecule has 0 bridgehead atoms. The average molecular weight is 375 g/mol. The van der Waals surface area contributed by atoms with E-state index in [0.29, 0.717) is 5.65 Å². The molecule has 3 N–H and O–H groups in total. The number of para-hydroxylation sites is 1. The molecule has 4 aromatic rings. The van der Waals surface area contributed by atoms with Gasteiger partial charge in [-0.05, 0) is 30.2 Å². The van der Waals surface area contributed by atoms with Crippen molar-refractivity contribution < 1.29 is 9.59 Å². The molecule has 3 aromatic heterocycles. The molecule has 0 radical (unpaired) electrons. The highest BCUT2D eigenvalue weighted by Gasteiger charge is 2.15. The number of H-pyrrole nitrogens is 1. The van der Waals surface area contributed by atoms with Gasteiger partial charge in [0.15, 0.2) is 0 Å². The molecule has 8 heteroatoms. The smallest absolute Gasteiger partial charge is 0.276 e. The van der Waals surface area contributed by atoms with Crippen molar-refractivity contribution in [2.45, 2.75) is 13.3 Å². The highest BCUT2D eigenvalue weighted by Crippen LogP contribution is 2.17. The number of nitrogens with zero attached hydrogens (tertiary/aromatic N) is 2. The topological polar surface area (TPSA) is 108 Å². The van der Waals surface area contributed by atoms with Crippen LogP contribution >= 0.6 is 0 Å². The van der Waals surface area contributed by atoms with E-state index in [1.54, 1.807) is 18.5 Å². The van der Waals surface area contributed by atoms with Gasteiger partial charge in [0.25, 0.3) is 11.5 Å². The fourth-order valence-corrected chi connectivity index (χ4v) is 3.03. The summed E-state index contributed by atoms with van der Waals surface area (Å²) in [4.78, 5) is 44.2. The van der Waals surface area contributed by atoms with Crippen molar-refractivity contribution in [1.82, 2.24) is 25.2 Å². The van der Waals surface area contributed by atoms with E-state index < -0.39 is 17.4 Å². The van der Waals surface area contributed by atoms with Gasteiger partial charge in [-0.2, -0.15) is 0 Å². The van der Waals surface area contributed by atoms with Gasteiger partial charge in [-0.3, -0.25) is 29.6 Å². The molecule has 1 aromatic carbocycles. The Morgan fingerprint density at radius 3 is 2.82 bits per heavy atom. The Morgan fingerprint density at radius 2 is 1.96 bits per heavy atom. The Balaban J connectivity index is 1.47. The van der Waals surface area contributed by atoms with Crippen LogP contribution in [0.15, 0.2) is 59.8 Å². The van der Waals surface area contributed by atoms with Gasteiger partial charge in [0.1, 0.15) is 11.2 Å². The number of rotatable bonds is 3. The SMILES string of the molecule is Cc1ccc2ncc(C(=O)NNC(=O)Cc3c[nH]c4ccccc34)c(=O)n2c1. The molecular formula is C20H17N5O3. The van der Waals surface area contributed by atoms with Crippen molar-refractivity contribution in [3.05, 3.63) is 82.0 Å². The minimum atomic E-state index is -0.722. The zero-order valence-electron chi connectivity index (χ0n) is 15.0. The normalized spacial score (nSPS) is 10.9. The van der Waals surface area contributed by atoms with Crippen LogP contribution in [-0.4, -0.2) is 26.2 Å². The number of fused-ring (bicyclic) bond motifs is 2. The predicted molar refractivity (Wildman–Crippen MR) is 104 cm³/mol. The molecule has 140 valence electrons. The fourth-order valence-electron chi connectivity index (χ4n) is 3.03.